The number of halogens is 2. The fourth-order valence-corrected chi connectivity index (χ4v) is 1.24. The van der Waals surface area contributed by atoms with Crippen molar-refractivity contribution >= 4 is 35.7 Å². The molecule has 2 rings (SSSR count). The van der Waals surface area contributed by atoms with Gasteiger partial charge in [-0.3, -0.25) is 5.10 Å². The second-order valence-corrected chi connectivity index (χ2v) is 3.01. The van der Waals surface area contributed by atoms with Crippen LogP contribution in [0.25, 0.3) is 10.9 Å². The molecule has 5 heteroatoms. The minimum Gasteiger partial charge on any atom is -0.324 e. The molecule has 0 unspecified atom stereocenters. The lowest BCUT2D eigenvalue weighted by atomic mass is 10.1. The number of aromatic nitrogens is 2. The summed E-state index contributed by atoms with van der Waals surface area (Å²) >= 11 is 0. The fraction of sp³-hybridized carbons (Fsp3) is 0.222. The molecule has 2 aromatic rings. The van der Waals surface area contributed by atoms with E-state index in [1.54, 1.807) is 6.20 Å². The third-order valence-corrected chi connectivity index (χ3v) is 1.99. The molecule has 0 saturated heterocycles. The van der Waals surface area contributed by atoms with Gasteiger partial charge in [-0.15, -0.1) is 24.8 Å². The van der Waals surface area contributed by atoms with E-state index in [2.05, 4.69) is 16.3 Å². The standard InChI is InChI=1S/C9H11N3.2ClH/c1-6(10)7-2-3-9-8(4-7)5-11-12-9;;/h2-6H,10H2,1H3,(H,11,12);2*1H/t6-;;/m1../s1. The fourth-order valence-electron chi connectivity index (χ4n) is 1.24. The summed E-state index contributed by atoms with van der Waals surface area (Å²) in [6.07, 6.45) is 1.81. The van der Waals surface area contributed by atoms with E-state index in [4.69, 9.17) is 5.73 Å². The molecule has 3 nitrogen and oxygen atoms in total. The average molecular weight is 234 g/mol. The number of hydrogen-bond donors (Lipinski definition) is 2. The van der Waals surface area contributed by atoms with Crippen LogP contribution in [0.4, 0.5) is 0 Å². The van der Waals surface area contributed by atoms with Crippen LogP contribution in [0.2, 0.25) is 0 Å². The lowest BCUT2D eigenvalue weighted by molar-refractivity contribution is 0.820. The normalized spacial score (nSPS) is 11.6. The molecule has 0 spiro atoms. The highest BCUT2D eigenvalue weighted by Crippen LogP contribution is 2.16. The molecule has 0 bridgehead atoms. The number of benzene rings is 1. The van der Waals surface area contributed by atoms with Crippen LogP contribution in [0.1, 0.15) is 18.5 Å². The minimum atomic E-state index is 0. The third-order valence-electron chi connectivity index (χ3n) is 1.99. The van der Waals surface area contributed by atoms with E-state index in [1.807, 2.05) is 19.1 Å². The second kappa shape index (κ2) is 5.20. The number of H-pyrrole nitrogens is 1. The van der Waals surface area contributed by atoms with Crippen molar-refractivity contribution in [1.82, 2.24) is 10.2 Å². The van der Waals surface area contributed by atoms with Crippen molar-refractivity contribution in [1.29, 1.82) is 0 Å². The van der Waals surface area contributed by atoms with Gasteiger partial charge in [0.1, 0.15) is 0 Å². The number of nitrogens with zero attached hydrogens (tertiary/aromatic N) is 1. The van der Waals surface area contributed by atoms with Gasteiger partial charge in [-0.25, -0.2) is 0 Å². The summed E-state index contributed by atoms with van der Waals surface area (Å²) in [5.41, 5.74) is 7.94. The Kier molecular flexibility index (Phi) is 4.91. The number of nitrogens with two attached hydrogens (primary N) is 1. The van der Waals surface area contributed by atoms with Crippen molar-refractivity contribution < 1.29 is 0 Å². The first-order valence-electron chi connectivity index (χ1n) is 3.96. The number of aromatic amines is 1. The predicted octanol–water partition coefficient (Wildman–Crippen LogP) is 2.43. The van der Waals surface area contributed by atoms with Crippen LogP contribution >= 0.6 is 24.8 Å². The van der Waals surface area contributed by atoms with E-state index in [9.17, 15) is 0 Å². The molecule has 0 aliphatic heterocycles. The Morgan fingerprint density at radius 3 is 2.71 bits per heavy atom. The van der Waals surface area contributed by atoms with Gasteiger partial charge in [0, 0.05) is 11.4 Å². The van der Waals surface area contributed by atoms with Crippen molar-refractivity contribution in [3.8, 4) is 0 Å². The summed E-state index contributed by atoms with van der Waals surface area (Å²) in [4.78, 5) is 0. The quantitative estimate of drug-likeness (QED) is 0.796. The van der Waals surface area contributed by atoms with E-state index >= 15 is 0 Å². The van der Waals surface area contributed by atoms with E-state index in [1.165, 1.54) is 0 Å². The number of rotatable bonds is 1. The number of nitrogens with one attached hydrogen (secondary N) is 1. The Balaban J connectivity index is 0.000000845. The van der Waals surface area contributed by atoms with Gasteiger partial charge in [-0.05, 0) is 24.6 Å². The average Bonchev–Trinajstić information content (AvgIpc) is 2.49. The molecule has 0 saturated carbocycles. The maximum absolute atomic E-state index is 5.74. The smallest absolute Gasteiger partial charge is 0.0650 e. The van der Waals surface area contributed by atoms with Crippen LogP contribution < -0.4 is 5.73 Å². The molecule has 0 radical (unpaired) electrons. The van der Waals surface area contributed by atoms with Crippen LogP contribution in [0.5, 0.6) is 0 Å². The Labute approximate surface area is 94.9 Å². The second-order valence-electron chi connectivity index (χ2n) is 3.01. The van der Waals surface area contributed by atoms with Gasteiger partial charge < -0.3 is 5.73 Å². The molecule has 0 aliphatic rings. The van der Waals surface area contributed by atoms with Gasteiger partial charge in [-0.1, -0.05) is 6.07 Å². The van der Waals surface area contributed by atoms with Crippen molar-refractivity contribution in [3.63, 3.8) is 0 Å². The molecule has 1 heterocycles. The van der Waals surface area contributed by atoms with E-state index in [0.717, 1.165) is 16.5 Å². The maximum atomic E-state index is 5.74. The molecular formula is C9H13Cl2N3. The van der Waals surface area contributed by atoms with Gasteiger partial charge in [0.25, 0.3) is 0 Å². The molecule has 0 fully saturated rings. The summed E-state index contributed by atoms with van der Waals surface area (Å²) in [5.74, 6) is 0. The van der Waals surface area contributed by atoms with Crippen LogP contribution in [-0.4, -0.2) is 10.2 Å². The highest BCUT2D eigenvalue weighted by atomic mass is 35.5. The zero-order valence-electron chi connectivity index (χ0n) is 7.73. The van der Waals surface area contributed by atoms with E-state index in [-0.39, 0.29) is 30.9 Å². The highest BCUT2D eigenvalue weighted by molar-refractivity contribution is 5.85. The molecule has 1 atom stereocenters. The monoisotopic (exact) mass is 233 g/mol. The highest BCUT2D eigenvalue weighted by Gasteiger charge is 2.00. The first kappa shape index (κ1) is 13.2. The van der Waals surface area contributed by atoms with Crippen molar-refractivity contribution in [2.75, 3.05) is 0 Å². The zero-order valence-corrected chi connectivity index (χ0v) is 9.36. The molecule has 14 heavy (non-hydrogen) atoms. The van der Waals surface area contributed by atoms with Gasteiger partial charge in [0.15, 0.2) is 0 Å². The zero-order chi connectivity index (χ0) is 8.55. The maximum Gasteiger partial charge on any atom is 0.0650 e. The van der Waals surface area contributed by atoms with Crippen molar-refractivity contribution in [3.05, 3.63) is 30.0 Å². The van der Waals surface area contributed by atoms with Gasteiger partial charge in [0.2, 0.25) is 0 Å². The Hall–Kier alpha value is -0.770. The van der Waals surface area contributed by atoms with Crippen LogP contribution in [-0.2, 0) is 0 Å². The number of hydrogen-bond acceptors (Lipinski definition) is 2. The van der Waals surface area contributed by atoms with E-state index in [0.29, 0.717) is 0 Å². The largest absolute Gasteiger partial charge is 0.324 e. The van der Waals surface area contributed by atoms with Gasteiger partial charge in [0.05, 0.1) is 11.7 Å². The molecule has 0 aliphatic carbocycles. The summed E-state index contributed by atoms with van der Waals surface area (Å²) in [7, 11) is 0. The first-order valence-corrected chi connectivity index (χ1v) is 3.96. The van der Waals surface area contributed by atoms with E-state index < -0.39 is 0 Å². The predicted molar refractivity (Wildman–Crippen MR) is 63.2 cm³/mol. The SMILES string of the molecule is C[C@@H](N)c1ccc2[nH]ncc2c1.Cl.Cl. The Bertz CT molecular complexity index is 398. The summed E-state index contributed by atoms with van der Waals surface area (Å²) in [5, 5.41) is 7.95. The molecule has 78 valence electrons. The summed E-state index contributed by atoms with van der Waals surface area (Å²) in [6.45, 7) is 1.97. The van der Waals surface area contributed by atoms with Crippen LogP contribution in [0.15, 0.2) is 24.4 Å². The molecule has 1 aromatic heterocycles. The Morgan fingerprint density at radius 1 is 1.36 bits per heavy atom. The molecule has 3 N–H and O–H groups in total. The minimum absolute atomic E-state index is 0. The first-order chi connectivity index (χ1) is 5.77. The van der Waals surface area contributed by atoms with Crippen molar-refractivity contribution in [2.24, 2.45) is 5.73 Å². The van der Waals surface area contributed by atoms with Crippen molar-refractivity contribution in [2.45, 2.75) is 13.0 Å². The third kappa shape index (κ3) is 2.38. The lowest BCUT2D eigenvalue weighted by Gasteiger charge is -2.03. The summed E-state index contributed by atoms with van der Waals surface area (Å²) in [6, 6.07) is 6.17. The molecule has 0 amide bonds. The number of fused-ring (bicyclic) bond motifs is 1. The van der Waals surface area contributed by atoms with Crippen LogP contribution in [0.3, 0.4) is 0 Å². The molecular weight excluding hydrogens is 221 g/mol. The van der Waals surface area contributed by atoms with Gasteiger partial charge in [-0.2, -0.15) is 5.10 Å². The topological polar surface area (TPSA) is 54.7 Å². The van der Waals surface area contributed by atoms with Gasteiger partial charge >= 0.3 is 0 Å². The lowest BCUT2D eigenvalue weighted by Crippen LogP contribution is -2.04. The Morgan fingerprint density at radius 2 is 2.07 bits per heavy atom. The van der Waals surface area contributed by atoms with Crippen LogP contribution in [0, 0.1) is 0 Å². The molecule has 1 aromatic carbocycles. The summed E-state index contributed by atoms with van der Waals surface area (Å²) < 4.78 is 0.